The van der Waals surface area contributed by atoms with Crippen LogP contribution in [-0.2, 0) is 19.8 Å². The molecule has 7 heteroatoms. The Bertz CT molecular complexity index is 1260. The van der Waals surface area contributed by atoms with E-state index in [0.717, 1.165) is 35.1 Å². The molecular weight excluding hydrogens is 430 g/mol. The molecule has 6 nitrogen and oxygen atoms in total. The van der Waals surface area contributed by atoms with Crippen molar-refractivity contribution >= 4 is 33.9 Å². The fourth-order valence-electron chi connectivity index (χ4n) is 3.96. The largest absolute Gasteiger partial charge is 0.493 e. The number of thiocarbonyl (C=S) groups is 1. The maximum absolute atomic E-state index is 11.2. The summed E-state index contributed by atoms with van der Waals surface area (Å²) in [7, 11) is 0. The molecule has 0 fully saturated rings. The first kappa shape index (κ1) is 22.6. The third-order valence-electron chi connectivity index (χ3n) is 5.71. The van der Waals surface area contributed by atoms with Crippen LogP contribution in [0.1, 0.15) is 22.3 Å². The third-order valence-corrected chi connectivity index (χ3v) is 5.80. The number of rotatable bonds is 7. The Labute approximate surface area is 199 Å². The van der Waals surface area contributed by atoms with Gasteiger partial charge in [-0.1, -0.05) is 60.7 Å². The van der Waals surface area contributed by atoms with Crippen molar-refractivity contribution in [1.29, 1.82) is 0 Å². The average Bonchev–Trinajstić information content (AvgIpc) is 3.04. The summed E-state index contributed by atoms with van der Waals surface area (Å²) in [5.74, 6) is 0.0427. The maximum Gasteiger partial charge on any atom is 0.221 e. The first-order valence-corrected chi connectivity index (χ1v) is 11.2. The molecule has 0 saturated carbocycles. The van der Waals surface area contributed by atoms with Crippen LogP contribution < -0.4 is 5.73 Å². The Balaban J connectivity index is 1.78. The highest BCUT2D eigenvalue weighted by Crippen LogP contribution is 2.40. The number of azo groups is 1. The minimum atomic E-state index is -0.0751. The normalized spacial score (nSPS) is 11.6. The zero-order valence-electron chi connectivity index (χ0n) is 18.8. The summed E-state index contributed by atoms with van der Waals surface area (Å²) in [5, 5.41) is 19.9. The lowest BCUT2D eigenvalue weighted by Crippen LogP contribution is -2.25. The van der Waals surface area contributed by atoms with Gasteiger partial charge in [0.25, 0.3) is 0 Å². The number of hydrogen-bond donors (Lipinski definition) is 2. The number of aromatic hydroxyl groups is 1. The van der Waals surface area contributed by atoms with Gasteiger partial charge in [0, 0.05) is 18.5 Å². The molecule has 0 atom stereocenters. The Morgan fingerprint density at radius 3 is 2.03 bits per heavy atom. The second-order valence-electron chi connectivity index (χ2n) is 8.19. The van der Waals surface area contributed by atoms with Crippen molar-refractivity contribution in [2.75, 3.05) is 0 Å². The highest BCUT2D eigenvalue weighted by Gasteiger charge is 2.20. The molecule has 4 rings (SSSR count). The standard InChI is InChI=1S/C26H27N5OS/c1-18-13-22-23(14-19(18)2)31(25(32)24(22)28-29-26(27)33)17-30(15-20-9-5-3-6-10-20)16-21-11-7-4-8-12-21/h3-14,32H,15-17H2,1-2H3,(H2,27,33). The lowest BCUT2D eigenvalue weighted by Gasteiger charge is -2.24. The molecule has 0 radical (unpaired) electrons. The Morgan fingerprint density at radius 2 is 1.48 bits per heavy atom. The number of benzene rings is 3. The number of hydrogen-bond acceptors (Lipinski definition) is 4. The van der Waals surface area contributed by atoms with Gasteiger partial charge >= 0.3 is 0 Å². The van der Waals surface area contributed by atoms with Gasteiger partial charge in [-0.15, -0.1) is 10.2 Å². The van der Waals surface area contributed by atoms with Crippen LogP contribution in [0, 0.1) is 13.8 Å². The predicted octanol–water partition coefficient (Wildman–Crippen LogP) is 5.95. The minimum absolute atomic E-state index is 0.0427. The topological polar surface area (TPSA) is 79.1 Å². The van der Waals surface area contributed by atoms with Crippen LogP contribution in [0.2, 0.25) is 0 Å². The van der Waals surface area contributed by atoms with Crippen molar-refractivity contribution in [2.45, 2.75) is 33.6 Å². The molecule has 33 heavy (non-hydrogen) atoms. The number of aromatic nitrogens is 1. The molecular formula is C26H27N5OS. The average molecular weight is 458 g/mol. The van der Waals surface area contributed by atoms with Crippen molar-refractivity contribution in [3.8, 4) is 5.88 Å². The van der Waals surface area contributed by atoms with Crippen LogP contribution in [0.3, 0.4) is 0 Å². The van der Waals surface area contributed by atoms with Gasteiger partial charge in [0.2, 0.25) is 11.0 Å². The summed E-state index contributed by atoms with van der Waals surface area (Å²) in [6.45, 7) is 6.02. The van der Waals surface area contributed by atoms with E-state index in [-0.39, 0.29) is 11.0 Å². The fourth-order valence-corrected chi connectivity index (χ4v) is 4.00. The lowest BCUT2D eigenvalue weighted by molar-refractivity contribution is 0.194. The van der Waals surface area contributed by atoms with Gasteiger partial charge in [-0.25, -0.2) is 0 Å². The SMILES string of the molecule is Cc1cc2c(N=NC(N)=S)c(O)n(CN(Cc3ccccc3)Cc3ccccc3)c2cc1C. The molecule has 0 spiro atoms. The zero-order chi connectivity index (χ0) is 23.4. The monoisotopic (exact) mass is 457 g/mol. The quantitative estimate of drug-likeness (QED) is 0.265. The predicted molar refractivity (Wildman–Crippen MR) is 137 cm³/mol. The molecule has 1 aromatic heterocycles. The maximum atomic E-state index is 11.2. The van der Waals surface area contributed by atoms with Gasteiger partial charge in [0.05, 0.1) is 12.2 Å². The second-order valence-corrected chi connectivity index (χ2v) is 8.61. The highest BCUT2D eigenvalue weighted by molar-refractivity contribution is 7.80. The van der Waals surface area contributed by atoms with Gasteiger partial charge in [-0.2, -0.15) is 0 Å². The summed E-state index contributed by atoms with van der Waals surface area (Å²) in [6, 6.07) is 24.7. The second kappa shape index (κ2) is 9.94. The molecule has 0 bridgehead atoms. The highest BCUT2D eigenvalue weighted by atomic mass is 32.1. The van der Waals surface area contributed by atoms with E-state index in [2.05, 4.69) is 52.4 Å². The van der Waals surface area contributed by atoms with Crippen molar-refractivity contribution in [2.24, 2.45) is 16.0 Å². The summed E-state index contributed by atoms with van der Waals surface area (Å²) in [4.78, 5) is 2.29. The van der Waals surface area contributed by atoms with Gasteiger partial charge < -0.3 is 10.8 Å². The fraction of sp³-hybridized carbons (Fsp3) is 0.192. The van der Waals surface area contributed by atoms with Crippen molar-refractivity contribution in [1.82, 2.24) is 9.47 Å². The summed E-state index contributed by atoms with van der Waals surface area (Å²) < 4.78 is 1.88. The van der Waals surface area contributed by atoms with E-state index in [4.69, 9.17) is 18.0 Å². The molecule has 0 aliphatic carbocycles. The number of nitrogens with two attached hydrogens (primary N) is 1. The lowest BCUT2D eigenvalue weighted by atomic mass is 10.1. The molecule has 0 amide bonds. The van der Waals surface area contributed by atoms with E-state index in [0.29, 0.717) is 12.4 Å². The number of aryl methyl sites for hydroxylation is 2. The number of nitrogens with zero attached hydrogens (tertiary/aromatic N) is 4. The smallest absolute Gasteiger partial charge is 0.221 e. The van der Waals surface area contributed by atoms with Gasteiger partial charge in [0.1, 0.15) is 0 Å². The van der Waals surface area contributed by atoms with E-state index in [1.54, 1.807) is 0 Å². The first-order chi connectivity index (χ1) is 15.9. The van der Waals surface area contributed by atoms with Gasteiger partial charge in [-0.05, 0) is 60.5 Å². The third kappa shape index (κ3) is 5.27. The van der Waals surface area contributed by atoms with Crippen LogP contribution in [-0.4, -0.2) is 19.7 Å². The molecule has 3 N–H and O–H groups in total. The van der Waals surface area contributed by atoms with E-state index in [1.807, 2.05) is 54.0 Å². The molecule has 4 aromatic rings. The van der Waals surface area contributed by atoms with Crippen molar-refractivity contribution in [3.05, 3.63) is 95.1 Å². The van der Waals surface area contributed by atoms with Gasteiger partial charge in [-0.3, -0.25) is 9.47 Å². The molecule has 3 aromatic carbocycles. The van der Waals surface area contributed by atoms with Crippen molar-refractivity contribution in [3.63, 3.8) is 0 Å². The van der Waals surface area contributed by atoms with E-state index in [1.165, 1.54) is 11.1 Å². The van der Waals surface area contributed by atoms with Crippen LogP contribution in [0.25, 0.3) is 10.9 Å². The Kier molecular flexibility index (Phi) is 6.82. The molecule has 0 aliphatic rings. The molecule has 0 unspecified atom stereocenters. The van der Waals surface area contributed by atoms with Crippen LogP contribution >= 0.6 is 12.2 Å². The van der Waals surface area contributed by atoms with E-state index >= 15 is 0 Å². The van der Waals surface area contributed by atoms with E-state index in [9.17, 15) is 5.11 Å². The van der Waals surface area contributed by atoms with Crippen LogP contribution in [0.15, 0.2) is 83.0 Å². The zero-order valence-corrected chi connectivity index (χ0v) is 19.6. The van der Waals surface area contributed by atoms with Crippen molar-refractivity contribution < 1.29 is 5.11 Å². The molecule has 0 aliphatic heterocycles. The molecule has 0 saturated heterocycles. The number of fused-ring (bicyclic) bond motifs is 1. The van der Waals surface area contributed by atoms with E-state index < -0.39 is 0 Å². The molecule has 168 valence electrons. The Hall–Kier alpha value is -3.55. The summed E-state index contributed by atoms with van der Waals surface area (Å²) in [5.41, 5.74) is 11.4. The Morgan fingerprint density at radius 1 is 0.939 bits per heavy atom. The first-order valence-electron chi connectivity index (χ1n) is 10.8. The van der Waals surface area contributed by atoms with Gasteiger partial charge in [0.15, 0.2) is 5.69 Å². The minimum Gasteiger partial charge on any atom is -0.493 e. The molecule has 1 heterocycles. The summed E-state index contributed by atoms with van der Waals surface area (Å²) in [6.07, 6.45) is 0. The van der Waals surface area contributed by atoms with Crippen LogP contribution in [0.4, 0.5) is 5.69 Å². The van der Waals surface area contributed by atoms with Crippen LogP contribution in [0.5, 0.6) is 5.88 Å². The summed E-state index contributed by atoms with van der Waals surface area (Å²) >= 11 is 4.85.